The first-order valence-corrected chi connectivity index (χ1v) is 6.68. The number of carbonyl (C=O) groups excluding carboxylic acids is 1. The van der Waals surface area contributed by atoms with Gasteiger partial charge in [0.2, 0.25) is 0 Å². The van der Waals surface area contributed by atoms with E-state index in [4.69, 9.17) is 4.84 Å². The average molecular weight is 283 g/mol. The summed E-state index contributed by atoms with van der Waals surface area (Å²) in [7, 11) is 0. The molecule has 0 atom stereocenters. The van der Waals surface area contributed by atoms with Crippen molar-refractivity contribution in [2.24, 2.45) is 5.41 Å². The maximum Gasteiger partial charge on any atom is 0.329 e. The van der Waals surface area contributed by atoms with Crippen molar-refractivity contribution < 1.29 is 18.4 Å². The Bertz CT molecular complexity index is 485. The highest BCUT2D eigenvalue weighted by molar-refractivity contribution is 5.75. The van der Waals surface area contributed by atoms with Crippen LogP contribution in [-0.2, 0) is 9.63 Å². The zero-order valence-electron chi connectivity index (χ0n) is 11.9. The van der Waals surface area contributed by atoms with Crippen molar-refractivity contribution in [1.29, 1.82) is 0 Å². The van der Waals surface area contributed by atoms with Crippen molar-refractivity contribution in [3.8, 4) is 0 Å². The molecule has 0 spiro atoms. The van der Waals surface area contributed by atoms with Crippen LogP contribution in [-0.4, -0.2) is 12.0 Å². The summed E-state index contributed by atoms with van der Waals surface area (Å²) in [6.45, 7) is 5.32. The summed E-state index contributed by atoms with van der Waals surface area (Å²) in [6.07, 6.45) is 1.39. The Balaban J connectivity index is 1.81. The Morgan fingerprint density at radius 2 is 1.75 bits per heavy atom. The van der Waals surface area contributed by atoms with Crippen molar-refractivity contribution in [3.63, 3.8) is 0 Å². The molecule has 1 saturated carbocycles. The van der Waals surface area contributed by atoms with Crippen molar-refractivity contribution in [2.45, 2.75) is 45.6 Å². The second-order valence-electron chi connectivity index (χ2n) is 6.33. The molecule has 5 heteroatoms. The molecule has 1 aliphatic rings. The van der Waals surface area contributed by atoms with E-state index in [1.54, 1.807) is 20.8 Å². The molecule has 0 saturated heterocycles. The maximum absolute atomic E-state index is 13.1. The van der Waals surface area contributed by atoms with Gasteiger partial charge in [0.15, 0.2) is 0 Å². The minimum atomic E-state index is -0.560. The van der Waals surface area contributed by atoms with E-state index in [0.717, 1.165) is 6.07 Å². The van der Waals surface area contributed by atoms with Crippen LogP contribution in [0.1, 0.15) is 45.1 Å². The smallest absolute Gasteiger partial charge is 0.329 e. The summed E-state index contributed by atoms with van der Waals surface area (Å²) in [5.74, 6) is -1.34. The molecule has 0 heterocycles. The lowest BCUT2D eigenvalue weighted by molar-refractivity contribution is -0.164. The average Bonchev–Trinajstić information content (AvgIpc) is 2.23. The highest BCUT2D eigenvalue weighted by atomic mass is 19.1. The van der Waals surface area contributed by atoms with Gasteiger partial charge in [0.05, 0.1) is 5.41 Å². The molecule has 110 valence electrons. The van der Waals surface area contributed by atoms with Crippen LogP contribution in [0.25, 0.3) is 0 Å². The second-order valence-corrected chi connectivity index (χ2v) is 6.33. The molecular formula is C15H19F2NO2. The van der Waals surface area contributed by atoms with Crippen LogP contribution in [0.2, 0.25) is 0 Å². The summed E-state index contributed by atoms with van der Waals surface area (Å²) in [6, 6.07) is 3.61. The lowest BCUT2D eigenvalue weighted by Crippen LogP contribution is -2.43. The van der Waals surface area contributed by atoms with E-state index < -0.39 is 17.0 Å². The van der Waals surface area contributed by atoms with Gasteiger partial charge in [-0.2, -0.15) is 0 Å². The van der Waals surface area contributed by atoms with Crippen LogP contribution < -0.4 is 5.48 Å². The van der Waals surface area contributed by atoms with Crippen LogP contribution in [0.5, 0.6) is 0 Å². The van der Waals surface area contributed by atoms with E-state index in [1.165, 1.54) is 12.1 Å². The van der Waals surface area contributed by atoms with Gasteiger partial charge in [-0.05, 0) is 57.2 Å². The SMILES string of the molecule is CC(C)(C)C(=O)ONC1CC(c2cc(F)cc(F)c2)C1. The van der Waals surface area contributed by atoms with E-state index in [9.17, 15) is 13.6 Å². The summed E-state index contributed by atoms with van der Waals surface area (Å²) in [5, 5.41) is 0. The van der Waals surface area contributed by atoms with Crippen molar-refractivity contribution in [2.75, 3.05) is 0 Å². The molecule has 1 aromatic rings. The first-order chi connectivity index (χ1) is 9.25. The quantitative estimate of drug-likeness (QED) is 0.865. The normalized spacial score (nSPS) is 22.2. The standard InChI is InChI=1S/C15H19F2NO2/c1-15(2,3)14(19)20-18-13-6-10(7-13)9-4-11(16)8-12(17)5-9/h4-5,8,10,13,18H,6-7H2,1-3H3. The van der Waals surface area contributed by atoms with E-state index in [-0.39, 0.29) is 17.9 Å². The summed E-state index contributed by atoms with van der Waals surface area (Å²) < 4.78 is 26.2. The van der Waals surface area contributed by atoms with Gasteiger partial charge in [-0.3, -0.25) is 0 Å². The predicted octanol–water partition coefficient (Wildman–Crippen LogP) is 3.30. The molecule has 0 radical (unpaired) electrons. The number of benzene rings is 1. The third-order valence-corrected chi connectivity index (χ3v) is 3.43. The summed E-state index contributed by atoms with van der Waals surface area (Å²) in [4.78, 5) is 16.6. The van der Waals surface area contributed by atoms with E-state index in [1.807, 2.05) is 0 Å². The molecule has 0 unspecified atom stereocenters. The fraction of sp³-hybridized carbons (Fsp3) is 0.533. The number of carbonyl (C=O) groups is 1. The Hall–Kier alpha value is -1.49. The highest BCUT2D eigenvalue weighted by Crippen LogP contribution is 2.37. The van der Waals surface area contributed by atoms with Gasteiger partial charge in [0, 0.05) is 12.1 Å². The number of hydrogen-bond donors (Lipinski definition) is 1. The number of rotatable bonds is 3. The topological polar surface area (TPSA) is 38.3 Å². The van der Waals surface area contributed by atoms with Crippen molar-refractivity contribution in [3.05, 3.63) is 35.4 Å². The van der Waals surface area contributed by atoms with Gasteiger partial charge >= 0.3 is 5.97 Å². The third-order valence-electron chi connectivity index (χ3n) is 3.43. The lowest BCUT2D eigenvalue weighted by atomic mass is 9.76. The van der Waals surface area contributed by atoms with E-state index in [2.05, 4.69) is 5.48 Å². The van der Waals surface area contributed by atoms with Crippen LogP contribution in [0.4, 0.5) is 8.78 Å². The van der Waals surface area contributed by atoms with Gasteiger partial charge in [-0.15, -0.1) is 5.48 Å². The minimum absolute atomic E-state index is 0.0395. The Morgan fingerprint density at radius 3 is 2.25 bits per heavy atom. The fourth-order valence-corrected chi connectivity index (χ4v) is 2.09. The summed E-state index contributed by atoms with van der Waals surface area (Å²) >= 11 is 0. The Kier molecular flexibility index (Phi) is 4.09. The molecular weight excluding hydrogens is 264 g/mol. The van der Waals surface area contributed by atoms with Gasteiger partial charge in [0.25, 0.3) is 0 Å². The van der Waals surface area contributed by atoms with Crippen molar-refractivity contribution >= 4 is 5.97 Å². The zero-order valence-corrected chi connectivity index (χ0v) is 11.9. The highest BCUT2D eigenvalue weighted by Gasteiger charge is 2.33. The monoisotopic (exact) mass is 283 g/mol. The molecule has 0 bridgehead atoms. The Labute approximate surface area is 117 Å². The van der Waals surface area contributed by atoms with E-state index in [0.29, 0.717) is 18.4 Å². The predicted molar refractivity (Wildman–Crippen MR) is 70.8 cm³/mol. The number of hydroxylamine groups is 1. The number of nitrogens with one attached hydrogen (secondary N) is 1. The largest absolute Gasteiger partial charge is 0.370 e. The number of halogens is 2. The molecule has 1 fully saturated rings. The van der Waals surface area contributed by atoms with Gasteiger partial charge < -0.3 is 4.84 Å². The number of hydrogen-bond acceptors (Lipinski definition) is 3. The lowest BCUT2D eigenvalue weighted by Gasteiger charge is -2.35. The minimum Gasteiger partial charge on any atom is -0.370 e. The molecule has 0 amide bonds. The van der Waals surface area contributed by atoms with Gasteiger partial charge in [0.1, 0.15) is 11.6 Å². The molecule has 2 rings (SSSR count). The van der Waals surface area contributed by atoms with Crippen LogP contribution in [0, 0.1) is 17.0 Å². The van der Waals surface area contributed by atoms with Gasteiger partial charge in [-0.25, -0.2) is 13.6 Å². The van der Waals surface area contributed by atoms with Crippen LogP contribution in [0.3, 0.4) is 0 Å². The molecule has 0 aliphatic heterocycles. The maximum atomic E-state index is 13.1. The van der Waals surface area contributed by atoms with Crippen molar-refractivity contribution in [1.82, 2.24) is 5.48 Å². The molecule has 1 N–H and O–H groups in total. The molecule has 20 heavy (non-hydrogen) atoms. The van der Waals surface area contributed by atoms with Crippen LogP contribution >= 0.6 is 0 Å². The second kappa shape index (κ2) is 5.48. The fourth-order valence-electron chi connectivity index (χ4n) is 2.09. The first-order valence-electron chi connectivity index (χ1n) is 6.68. The van der Waals surface area contributed by atoms with Crippen LogP contribution in [0.15, 0.2) is 18.2 Å². The van der Waals surface area contributed by atoms with Gasteiger partial charge in [-0.1, -0.05) is 0 Å². The first kappa shape index (κ1) is 14.9. The zero-order chi connectivity index (χ0) is 14.9. The molecule has 0 aromatic heterocycles. The molecule has 1 aliphatic carbocycles. The molecule has 1 aromatic carbocycles. The summed E-state index contributed by atoms with van der Waals surface area (Å²) in [5.41, 5.74) is 2.82. The third kappa shape index (κ3) is 3.54. The molecule has 3 nitrogen and oxygen atoms in total. The van der Waals surface area contributed by atoms with E-state index >= 15 is 0 Å². The Morgan fingerprint density at radius 1 is 1.20 bits per heavy atom.